The number of carbonyl (C=O) groups is 2. The molecular weight excluding hydrogens is 504 g/mol. The molecule has 2 aromatic heterocycles. The van der Waals surface area contributed by atoms with Gasteiger partial charge in [-0.15, -0.1) is 11.3 Å². The summed E-state index contributed by atoms with van der Waals surface area (Å²) < 4.78 is 1.09. The number of anilines is 1. The zero-order valence-electron chi connectivity index (χ0n) is 19.0. The Labute approximate surface area is 217 Å². The second kappa shape index (κ2) is 9.33. The molecule has 1 N–H and O–H groups in total. The first kappa shape index (κ1) is 23.2. The highest BCUT2D eigenvalue weighted by Gasteiger charge is 2.39. The first-order valence-corrected chi connectivity index (χ1v) is 13.5. The molecule has 5 heterocycles. The van der Waals surface area contributed by atoms with Crippen LogP contribution in [0.25, 0.3) is 10.2 Å². The largest absolute Gasteiger partial charge is 0.353 e. The number of piperazine rings is 1. The lowest BCUT2D eigenvalue weighted by atomic mass is 10.0. The summed E-state index contributed by atoms with van der Waals surface area (Å²) in [4.78, 5) is 39.6. The number of halogens is 1. The summed E-state index contributed by atoms with van der Waals surface area (Å²) >= 11 is 12.7. The maximum absolute atomic E-state index is 12.4. The molecule has 6 rings (SSSR count). The summed E-state index contributed by atoms with van der Waals surface area (Å²) in [6.45, 7) is 5.15. The molecule has 8 nitrogen and oxygen atoms in total. The fourth-order valence-electron chi connectivity index (χ4n) is 5.28. The van der Waals surface area contributed by atoms with Gasteiger partial charge in [-0.2, -0.15) is 17.6 Å². The minimum Gasteiger partial charge on any atom is -0.353 e. The Kier molecular flexibility index (Phi) is 6.18. The van der Waals surface area contributed by atoms with Crippen LogP contribution in [-0.2, 0) is 22.7 Å². The van der Waals surface area contributed by atoms with E-state index in [-0.39, 0.29) is 23.2 Å². The molecule has 2 fully saturated rings. The van der Waals surface area contributed by atoms with Gasteiger partial charge < -0.3 is 4.90 Å². The van der Waals surface area contributed by atoms with Crippen molar-refractivity contribution < 1.29 is 9.59 Å². The molecule has 0 bridgehead atoms. The van der Waals surface area contributed by atoms with Gasteiger partial charge in [0, 0.05) is 45.7 Å². The summed E-state index contributed by atoms with van der Waals surface area (Å²) in [7, 11) is 0. The van der Waals surface area contributed by atoms with Gasteiger partial charge in [0.1, 0.15) is 0 Å². The highest BCUT2D eigenvalue weighted by atomic mass is 35.5. The van der Waals surface area contributed by atoms with Crippen LogP contribution in [0.2, 0.25) is 5.28 Å². The molecule has 2 unspecified atom stereocenters. The van der Waals surface area contributed by atoms with E-state index in [2.05, 4.69) is 48.2 Å². The number of fused-ring (bicyclic) bond motifs is 2. The van der Waals surface area contributed by atoms with Crippen LogP contribution < -0.4 is 10.2 Å². The highest BCUT2D eigenvalue weighted by molar-refractivity contribution is 7.80. The molecular formula is C24H25ClN6O2S2. The maximum Gasteiger partial charge on any atom is 0.243 e. The van der Waals surface area contributed by atoms with Gasteiger partial charge in [0.25, 0.3) is 0 Å². The van der Waals surface area contributed by atoms with Gasteiger partial charge in [-0.25, -0.2) is 4.98 Å². The summed E-state index contributed by atoms with van der Waals surface area (Å²) in [5.41, 5.74) is 4.50. The number of nitrogens with zero attached hydrogens (tertiary/aromatic N) is 5. The van der Waals surface area contributed by atoms with Crippen molar-refractivity contribution in [1.82, 2.24) is 25.1 Å². The van der Waals surface area contributed by atoms with Gasteiger partial charge in [-0.05, 0) is 46.2 Å². The SMILES string of the molecule is O=C1CCC(N2Cc3ccc(CN4CCN(c5nc(Cl)nc6ccsc56)CC4)cc3C2S)C(=O)N1. The fourth-order valence-corrected chi connectivity index (χ4v) is 6.78. The zero-order valence-corrected chi connectivity index (χ0v) is 21.5. The minimum atomic E-state index is -0.316. The van der Waals surface area contributed by atoms with E-state index in [4.69, 9.17) is 24.2 Å². The number of hydrogen-bond donors (Lipinski definition) is 2. The number of piperidine rings is 1. The Balaban J connectivity index is 1.11. The van der Waals surface area contributed by atoms with Crippen LogP contribution in [0.15, 0.2) is 29.6 Å². The summed E-state index contributed by atoms with van der Waals surface area (Å²) in [5, 5.41) is 4.63. The predicted octanol–water partition coefficient (Wildman–Crippen LogP) is 3.22. The quantitative estimate of drug-likeness (QED) is 0.306. The molecule has 2 saturated heterocycles. The number of carbonyl (C=O) groups excluding carboxylic acids is 2. The number of thiophene rings is 1. The average molecular weight is 529 g/mol. The number of nitrogens with one attached hydrogen (secondary N) is 1. The van der Waals surface area contributed by atoms with E-state index in [1.165, 1.54) is 11.1 Å². The van der Waals surface area contributed by atoms with Crippen molar-refractivity contribution in [2.45, 2.75) is 37.3 Å². The van der Waals surface area contributed by atoms with Crippen LogP contribution >= 0.6 is 35.6 Å². The van der Waals surface area contributed by atoms with Crippen LogP contribution in [0, 0.1) is 0 Å². The van der Waals surface area contributed by atoms with E-state index in [1.54, 1.807) is 11.3 Å². The normalized spacial score (nSPS) is 23.7. The van der Waals surface area contributed by atoms with Crippen LogP contribution in [0.3, 0.4) is 0 Å². The monoisotopic (exact) mass is 528 g/mol. The third kappa shape index (κ3) is 4.42. The Morgan fingerprint density at radius 1 is 1.14 bits per heavy atom. The Bertz CT molecular complexity index is 1310. The van der Waals surface area contributed by atoms with Gasteiger partial charge in [-0.3, -0.25) is 24.7 Å². The maximum atomic E-state index is 12.4. The van der Waals surface area contributed by atoms with Crippen molar-refractivity contribution in [2.75, 3.05) is 31.1 Å². The number of amides is 2. The van der Waals surface area contributed by atoms with Crippen LogP contribution in [0.1, 0.15) is 34.9 Å². The third-order valence-corrected chi connectivity index (χ3v) is 8.75. The van der Waals surface area contributed by atoms with E-state index in [1.807, 2.05) is 11.4 Å². The van der Waals surface area contributed by atoms with Gasteiger partial charge in [0.15, 0.2) is 5.82 Å². The first-order valence-electron chi connectivity index (χ1n) is 11.7. The lowest BCUT2D eigenvalue weighted by Crippen LogP contribution is -2.51. The van der Waals surface area contributed by atoms with Crippen molar-refractivity contribution in [2.24, 2.45) is 0 Å². The molecule has 35 heavy (non-hydrogen) atoms. The van der Waals surface area contributed by atoms with E-state index >= 15 is 0 Å². The van der Waals surface area contributed by atoms with E-state index < -0.39 is 0 Å². The molecule has 1 aromatic carbocycles. The molecule has 3 aliphatic heterocycles. The van der Waals surface area contributed by atoms with Gasteiger partial charge in [0.2, 0.25) is 17.1 Å². The molecule has 0 aliphatic carbocycles. The molecule has 3 aromatic rings. The van der Waals surface area contributed by atoms with E-state index in [0.29, 0.717) is 24.7 Å². The van der Waals surface area contributed by atoms with Crippen LogP contribution in [0.4, 0.5) is 5.82 Å². The van der Waals surface area contributed by atoms with Crippen LogP contribution in [0.5, 0.6) is 0 Å². The van der Waals surface area contributed by atoms with Crippen molar-refractivity contribution >= 4 is 63.4 Å². The van der Waals surface area contributed by atoms with Crippen molar-refractivity contribution in [3.63, 3.8) is 0 Å². The average Bonchev–Trinajstić information content (AvgIpc) is 3.44. The van der Waals surface area contributed by atoms with Crippen molar-refractivity contribution in [1.29, 1.82) is 0 Å². The van der Waals surface area contributed by atoms with E-state index in [0.717, 1.165) is 54.3 Å². The van der Waals surface area contributed by atoms with Gasteiger partial charge >= 0.3 is 0 Å². The topological polar surface area (TPSA) is 81.7 Å². The summed E-state index contributed by atoms with van der Waals surface area (Å²) in [5.74, 6) is 0.526. The number of aromatic nitrogens is 2. The molecule has 0 radical (unpaired) electrons. The van der Waals surface area contributed by atoms with E-state index in [9.17, 15) is 9.59 Å². The summed E-state index contributed by atoms with van der Waals surface area (Å²) in [6, 6.07) is 8.23. The second-order valence-corrected chi connectivity index (χ2v) is 11.0. The lowest BCUT2D eigenvalue weighted by Gasteiger charge is -2.35. The lowest BCUT2D eigenvalue weighted by molar-refractivity contribution is -0.137. The number of hydrogen-bond acceptors (Lipinski definition) is 9. The number of imide groups is 1. The third-order valence-electron chi connectivity index (χ3n) is 7.10. The van der Waals surface area contributed by atoms with Crippen LogP contribution in [-0.4, -0.2) is 63.8 Å². The van der Waals surface area contributed by atoms with Gasteiger partial charge in [0.05, 0.1) is 21.6 Å². The van der Waals surface area contributed by atoms with Gasteiger partial charge in [-0.1, -0.05) is 18.2 Å². The molecule has 2 atom stereocenters. The zero-order chi connectivity index (χ0) is 24.1. The highest BCUT2D eigenvalue weighted by Crippen LogP contribution is 2.40. The molecule has 0 saturated carbocycles. The first-order chi connectivity index (χ1) is 17.0. The molecule has 2 amide bonds. The fraction of sp³-hybridized carbons (Fsp3) is 0.417. The van der Waals surface area contributed by atoms with Crippen molar-refractivity contribution in [3.05, 3.63) is 51.6 Å². The summed E-state index contributed by atoms with van der Waals surface area (Å²) in [6.07, 6.45) is 0.919. The Hall–Kier alpha value is -2.24. The Morgan fingerprint density at radius 2 is 1.97 bits per heavy atom. The number of benzene rings is 1. The molecule has 3 aliphatic rings. The smallest absolute Gasteiger partial charge is 0.243 e. The number of thiol groups is 1. The minimum absolute atomic E-state index is 0.151. The molecule has 11 heteroatoms. The molecule has 182 valence electrons. The molecule has 0 spiro atoms. The second-order valence-electron chi connectivity index (χ2n) is 9.26. The van der Waals surface area contributed by atoms with Crippen molar-refractivity contribution in [3.8, 4) is 0 Å². The number of rotatable bonds is 4. The Morgan fingerprint density at radius 3 is 2.77 bits per heavy atom. The standard InChI is InChI=1S/C24H25ClN6O2S2/c25-24-26-17-5-10-35-20(17)21(28-24)30-8-6-29(7-9-30)12-14-1-2-15-13-31(23(34)16(15)11-14)18-3-4-19(32)27-22(18)33/h1-2,5,10-11,18,23,34H,3-4,6-9,12-13H2,(H,27,32,33). The predicted molar refractivity (Wildman–Crippen MR) is 140 cm³/mol.